The van der Waals surface area contributed by atoms with Crippen LogP contribution in [0, 0.1) is 30.5 Å². The minimum Gasteiger partial charge on any atom is -0.429 e. The van der Waals surface area contributed by atoms with Gasteiger partial charge in [-0.2, -0.15) is 8.78 Å². The highest BCUT2D eigenvalue weighted by Crippen LogP contribution is 2.38. The highest BCUT2D eigenvalue weighted by molar-refractivity contribution is 5.30. The molecule has 2 aliphatic rings. The molecule has 1 aliphatic carbocycles. The molecule has 1 heterocycles. The van der Waals surface area contributed by atoms with Crippen molar-refractivity contribution in [3.63, 3.8) is 0 Å². The fourth-order valence-corrected chi connectivity index (χ4v) is 4.42. The molecule has 0 atom stereocenters. The third-order valence-electron chi connectivity index (χ3n) is 6.56. The van der Waals surface area contributed by atoms with Gasteiger partial charge in [0.15, 0.2) is 6.29 Å². The summed E-state index contributed by atoms with van der Waals surface area (Å²) in [4.78, 5) is 0. The van der Waals surface area contributed by atoms with Crippen molar-refractivity contribution in [1.29, 1.82) is 0 Å². The third-order valence-corrected chi connectivity index (χ3v) is 6.56. The molecule has 0 aromatic heterocycles. The number of aryl methyl sites for hydroxylation is 1. The first-order valence-corrected chi connectivity index (χ1v) is 11.0. The predicted octanol–water partition coefficient (Wildman–Crippen LogP) is 6.75. The van der Waals surface area contributed by atoms with Gasteiger partial charge in [0.1, 0.15) is 11.6 Å². The van der Waals surface area contributed by atoms with E-state index in [1.54, 1.807) is 19.1 Å². The third kappa shape index (κ3) is 5.24. The van der Waals surface area contributed by atoms with E-state index in [1.165, 1.54) is 49.9 Å². The molecule has 1 saturated heterocycles. The fraction of sp³-hybridized carbons (Fsp3) is 0.520. The first kappa shape index (κ1) is 22.2. The van der Waals surface area contributed by atoms with Crippen molar-refractivity contribution in [2.45, 2.75) is 51.9 Å². The lowest BCUT2D eigenvalue weighted by Gasteiger charge is -2.37. The predicted molar refractivity (Wildman–Crippen MR) is 111 cm³/mol. The Hall–Kier alpha value is -2.05. The van der Waals surface area contributed by atoms with Gasteiger partial charge in [-0.3, -0.25) is 0 Å². The molecule has 0 unspecified atom stereocenters. The number of hydrogen-bond donors (Lipinski definition) is 0. The molecule has 4 rings (SSSR count). The van der Waals surface area contributed by atoms with Crippen LogP contribution in [0.2, 0.25) is 0 Å². The Morgan fingerprint density at radius 3 is 2.16 bits per heavy atom. The normalized spacial score (nSPS) is 27.1. The second kappa shape index (κ2) is 9.21. The summed E-state index contributed by atoms with van der Waals surface area (Å²) in [6.07, 6.45) is 0.830. The van der Waals surface area contributed by atoms with Crippen LogP contribution < -0.4 is 4.74 Å². The molecule has 2 aromatic carbocycles. The SMILES string of the molecule is Cc1ccc(OC(F)(F)c2ccc(C3OCC(C4CCC(C)CC4)CO3)cc2)cc1F. The molecule has 6 heteroatoms. The molecule has 2 fully saturated rings. The Morgan fingerprint density at radius 2 is 1.55 bits per heavy atom. The van der Waals surface area contributed by atoms with Crippen LogP contribution in [-0.2, 0) is 15.6 Å². The smallest absolute Gasteiger partial charge is 0.426 e. The number of benzene rings is 2. The number of hydrogen-bond acceptors (Lipinski definition) is 3. The number of rotatable bonds is 5. The highest BCUT2D eigenvalue weighted by atomic mass is 19.3. The van der Waals surface area contributed by atoms with Gasteiger partial charge in [-0.15, -0.1) is 0 Å². The Bertz CT molecular complexity index is 868. The summed E-state index contributed by atoms with van der Waals surface area (Å²) in [6.45, 7) is 5.12. The molecule has 31 heavy (non-hydrogen) atoms. The largest absolute Gasteiger partial charge is 0.429 e. The van der Waals surface area contributed by atoms with E-state index in [2.05, 4.69) is 6.92 Å². The minimum absolute atomic E-state index is 0.223. The van der Waals surface area contributed by atoms with Crippen molar-refractivity contribution < 1.29 is 27.4 Å². The molecular formula is C25H29F3O3. The summed E-state index contributed by atoms with van der Waals surface area (Å²) >= 11 is 0. The summed E-state index contributed by atoms with van der Waals surface area (Å²) in [5, 5.41) is 0. The average Bonchev–Trinajstić information content (AvgIpc) is 2.77. The first-order chi connectivity index (χ1) is 14.8. The standard InChI is InChI=1S/C25H29F3O3/c1-16-3-6-18(7-4-16)20-14-29-24(30-15-20)19-8-10-21(11-9-19)25(27,28)31-22-12-5-17(2)23(26)13-22/h5,8-13,16,18,20,24H,3-4,6-7,14-15H2,1-2H3. The summed E-state index contributed by atoms with van der Waals surface area (Å²) in [6, 6.07) is 9.41. The van der Waals surface area contributed by atoms with Gasteiger partial charge in [-0.25, -0.2) is 4.39 Å². The van der Waals surface area contributed by atoms with E-state index in [0.717, 1.165) is 12.0 Å². The van der Waals surface area contributed by atoms with Gasteiger partial charge in [0.2, 0.25) is 0 Å². The van der Waals surface area contributed by atoms with Gasteiger partial charge >= 0.3 is 6.11 Å². The Morgan fingerprint density at radius 1 is 0.903 bits per heavy atom. The van der Waals surface area contributed by atoms with Crippen molar-refractivity contribution in [3.8, 4) is 5.75 Å². The second-order valence-corrected chi connectivity index (χ2v) is 8.93. The maximum Gasteiger partial charge on any atom is 0.426 e. The molecular weight excluding hydrogens is 405 g/mol. The maximum atomic E-state index is 14.5. The van der Waals surface area contributed by atoms with Crippen molar-refractivity contribution in [2.75, 3.05) is 13.2 Å². The van der Waals surface area contributed by atoms with E-state index >= 15 is 0 Å². The zero-order chi connectivity index (χ0) is 22.0. The van der Waals surface area contributed by atoms with Crippen LogP contribution in [0.15, 0.2) is 42.5 Å². The summed E-state index contributed by atoms with van der Waals surface area (Å²) in [7, 11) is 0. The quantitative estimate of drug-likeness (QED) is 0.521. The average molecular weight is 434 g/mol. The molecule has 0 amide bonds. The van der Waals surface area contributed by atoms with Crippen molar-refractivity contribution in [3.05, 3.63) is 65.0 Å². The van der Waals surface area contributed by atoms with Crippen LogP contribution in [0.5, 0.6) is 5.75 Å². The molecule has 1 aliphatic heterocycles. The second-order valence-electron chi connectivity index (χ2n) is 8.93. The Kier molecular flexibility index (Phi) is 6.58. The van der Waals surface area contributed by atoms with Gasteiger partial charge in [-0.1, -0.05) is 38.0 Å². The van der Waals surface area contributed by atoms with Gasteiger partial charge in [0.25, 0.3) is 0 Å². The topological polar surface area (TPSA) is 27.7 Å². The molecule has 0 radical (unpaired) electrons. The van der Waals surface area contributed by atoms with Crippen molar-refractivity contribution in [2.24, 2.45) is 17.8 Å². The molecule has 0 bridgehead atoms. The van der Waals surface area contributed by atoms with E-state index in [-0.39, 0.29) is 11.3 Å². The zero-order valence-corrected chi connectivity index (χ0v) is 18.0. The summed E-state index contributed by atoms with van der Waals surface area (Å²) < 4.78 is 59.3. The minimum atomic E-state index is -3.59. The maximum absolute atomic E-state index is 14.5. The van der Waals surface area contributed by atoms with Crippen molar-refractivity contribution >= 4 is 0 Å². The van der Waals surface area contributed by atoms with E-state index in [0.29, 0.717) is 36.2 Å². The van der Waals surface area contributed by atoms with Crippen LogP contribution >= 0.6 is 0 Å². The summed E-state index contributed by atoms with van der Waals surface area (Å²) in [5.74, 6) is 1.04. The van der Waals surface area contributed by atoms with Crippen LogP contribution in [0.25, 0.3) is 0 Å². The van der Waals surface area contributed by atoms with E-state index < -0.39 is 18.2 Å². The first-order valence-electron chi connectivity index (χ1n) is 11.0. The molecule has 168 valence electrons. The monoisotopic (exact) mass is 434 g/mol. The lowest BCUT2D eigenvalue weighted by atomic mass is 9.76. The lowest BCUT2D eigenvalue weighted by Crippen LogP contribution is -2.34. The molecule has 3 nitrogen and oxygen atoms in total. The van der Waals surface area contributed by atoms with Gasteiger partial charge < -0.3 is 14.2 Å². The van der Waals surface area contributed by atoms with Gasteiger partial charge in [-0.05, 0) is 55.4 Å². The molecule has 1 saturated carbocycles. The molecule has 0 spiro atoms. The van der Waals surface area contributed by atoms with Crippen LogP contribution in [-0.4, -0.2) is 13.2 Å². The van der Waals surface area contributed by atoms with Crippen molar-refractivity contribution in [1.82, 2.24) is 0 Å². The van der Waals surface area contributed by atoms with E-state index in [1.807, 2.05) is 0 Å². The van der Waals surface area contributed by atoms with Gasteiger partial charge in [0, 0.05) is 17.5 Å². The van der Waals surface area contributed by atoms with Crippen LogP contribution in [0.1, 0.15) is 55.6 Å². The zero-order valence-electron chi connectivity index (χ0n) is 18.0. The van der Waals surface area contributed by atoms with Gasteiger partial charge in [0.05, 0.1) is 18.8 Å². The van der Waals surface area contributed by atoms with Crippen LogP contribution in [0.3, 0.4) is 0 Å². The lowest BCUT2D eigenvalue weighted by molar-refractivity contribution is -0.214. The fourth-order valence-electron chi connectivity index (χ4n) is 4.42. The summed E-state index contributed by atoms with van der Waals surface area (Å²) in [5.41, 5.74) is 0.742. The van der Waals surface area contributed by atoms with Crippen LogP contribution in [0.4, 0.5) is 13.2 Å². The number of alkyl halides is 2. The molecule has 0 N–H and O–H groups in total. The Labute approximate surface area is 181 Å². The number of halogens is 3. The Balaban J connectivity index is 1.35. The van der Waals surface area contributed by atoms with E-state index in [4.69, 9.17) is 14.2 Å². The van der Waals surface area contributed by atoms with E-state index in [9.17, 15) is 13.2 Å². The highest BCUT2D eigenvalue weighted by Gasteiger charge is 2.36. The number of ether oxygens (including phenoxy) is 3. The molecule has 2 aromatic rings.